The van der Waals surface area contributed by atoms with Gasteiger partial charge in [-0.3, -0.25) is 9.79 Å². The third kappa shape index (κ3) is 12.6. The highest BCUT2D eigenvalue weighted by Crippen LogP contribution is 2.28. The summed E-state index contributed by atoms with van der Waals surface area (Å²) >= 11 is 0. The van der Waals surface area contributed by atoms with Crippen molar-refractivity contribution in [2.75, 3.05) is 13.1 Å². The molecule has 1 aromatic carbocycles. The topological polar surface area (TPSA) is 106 Å². The Labute approximate surface area is 232 Å². The maximum atomic E-state index is 13.1. The summed E-state index contributed by atoms with van der Waals surface area (Å²) < 4.78 is 0. The van der Waals surface area contributed by atoms with E-state index in [1.54, 1.807) is 0 Å². The summed E-state index contributed by atoms with van der Waals surface area (Å²) in [4.78, 5) is 17.1. The summed E-state index contributed by atoms with van der Waals surface area (Å²) in [6, 6.07) is 8.60. The largest absolute Gasteiger partial charge is 0.370 e. The number of amides is 1. The lowest BCUT2D eigenvalue weighted by Crippen LogP contribution is -2.45. The van der Waals surface area contributed by atoms with Gasteiger partial charge in [-0.15, -0.1) is 0 Å². The lowest BCUT2D eigenvalue weighted by atomic mass is 9.85. The van der Waals surface area contributed by atoms with Gasteiger partial charge in [0.2, 0.25) is 5.91 Å². The molecule has 6 heteroatoms. The molecule has 0 heterocycles. The molecule has 1 amide bonds. The number of carbonyl (C=O) groups excluding carboxylic acids is 1. The quantitative estimate of drug-likeness (QED) is 0.114. The molecule has 0 aromatic heterocycles. The van der Waals surface area contributed by atoms with Crippen molar-refractivity contribution in [1.82, 2.24) is 10.6 Å². The van der Waals surface area contributed by atoms with Crippen LogP contribution in [0.4, 0.5) is 0 Å². The van der Waals surface area contributed by atoms with E-state index in [0.29, 0.717) is 19.0 Å². The Balaban J connectivity index is 1.34. The number of rotatable bonds is 17. The van der Waals surface area contributed by atoms with Gasteiger partial charge in [-0.25, -0.2) is 0 Å². The molecule has 38 heavy (non-hydrogen) atoms. The van der Waals surface area contributed by atoms with E-state index in [9.17, 15) is 4.79 Å². The van der Waals surface area contributed by atoms with Crippen molar-refractivity contribution in [2.24, 2.45) is 28.3 Å². The summed E-state index contributed by atoms with van der Waals surface area (Å²) in [5.74, 6) is 1.88. The fourth-order valence-corrected chi connectivity index (χ4v) is 6.26. The molecule has 6 N–H and O–H groups in total. The predicted molar refractivity (Wildman–Crippen MR) is 160 cm³/mol. The molecule has 2 aliphatic rings. The molecule has 6 nitrogen and oxygen atoms in total. The smallest absolute Gasteiger partial charge is 0.237 e. The van der Waals surface area contributed by atoms with E-state index in [1.807, 2.05) is 0 Å². The highest BCUT2D eigenvalue weighted by atomic mass is 16.2. The van der Waals surface area contributed by atoms with Crippen molar-refractivity contribution in [3.63, 3.8) is 0 Å². The van der Waals surface area contributed by atoms with Gasteiger partial charge in [-0.1, -0.05) is 101 Å². The first-order valence-corrected chi connectivity index (χ1v) is 15.7. The molecule has 1 atom stereocenters. The second-order valence-electron chi connectivity index (χ2n) is 11.9. The zero-order chi connectivity index (χ0) is 26.8. The van der Waals surface area contributed by atoms with E-state index in [-0.39, 0.29) is 17.9 Å². The second-order valence-corrected chi connectivity index (χ2v) is 11.9. The molecule has 214 valence electrons. The van der Waals surface area contributed by atoms with Crippen LogP contribution in [0.15, 0.2) is 29.3 Å². The molecule has 0 spiro atoms. The van der Waals surface area contributed by atoms with Gasteiger partial charge in [0.1, 0.15) is 0 Å². The summed E-state index contributed by atoms with van der Waals surface area (Å²) in [6.07, 6.45) is 23.3. The Bertz CT molecular complexity index is 793. The Morgan fingerprint density at radius 2 is 1.45 bits per heavy atom. The van der Waals surface area contributed by atoms with Crippen molar-refractivity contribution in [1.29, 1.82) is 0 Å². The number of hydrogen-bond donors (Lipinski definition) is 4. The molecule has 2 fully saturated rings. The number of nitrogens with one attached hydrogen (secondary N) is 2. The monoisotopic (exact) mass is 525 g/mol. The Morgan fingerprint density at radius 3 is 2.13 bits per heavy atom. The molecular formula is C32H55N5O. The minimum atomic E-state index is -0.205. The first-order valence-electron chi connectivity index (χ1n) is 15.7. The van der Waals surface area contributed by atoms with Crippen LogP contribution in [0, 0.1) is 11.8 Å². The number of nitrogens with zero attached hydrogens (tertiary/aromatic N) is 1. The van der Waals surface area contributed by atoms with Gasteiger partial charge in [0.25, 0.3) is 0 Å². The Kier molecular flexibility index (Phi) is 14.6. The Hall–Kier alpha value is -2.08. The van der Waals surface area contributed by atoms with E-state index >= 15 is 0 Å². The molecule has 1 aromatic rings. The van der Waals surface area contributed by atoms with Crippen LogP contribution in [-0.4, -0.2) is 31.0 Å². The number of aliphatic imine (C=N–C) groups is 1. The summed E-state index contributed by atoms with van der Waals surface area (Å²) in [7, 11) is 0. The highest BCUT2D eigenvalue weighted by Gasteiger charge is 2.20. The number of guanidine groups is 1. The number of unbranched alkanes of at least 4 members (excludes halogenated alkanes) is 3. The third-order valence-corrected chi connectivity index (χ3v) is 8.68. The first kappa shape index (κ1) is 30.5. The van der Waals surface area contributed by atoms with Crippen LogP contribution in [0.25, 0.3) is 0 Å². The van der Waals surface area contributed by atoms with Crippen molar-refractivity contribution < 1.29 is 4.79 Å². The third-order valence-electron chi connectivity index (χ3n) is 8.68. The highest BCUT2D eigenvalue weighted by molar-refractivity contribution is 5.81. The fourth-order valence-electron chi connectivity index (χ4n) is 6.26. The summed E-state index contributed by atoms with van der Waals surface area (Å²) in [5.41, 5.74) is 13.5. The van der Waals surface area contributed by atoms with E-state index in [4.69, 9.17) is 11.5 Å². The van der Waals surface area contributed by atoms with E-state index in [1.165, 1.54) is 102 Å². The van der Waals surface area contributed by atoms with E-state index in [2.05, 4.69) is 39.9 Å². The minimum absolute atomic E-state index is 0.0720. The van der Waals surface area contributed by atoms with Crippen molar-refractivity contribution in [2.45, 2.75) is 128 Å². The zero-order valence-corrected chi connectivity index (χ0v) is 23.9. The first-order chi connectivity index (χ1) is 18.6. The molecule has 0 aliphatic heterocycles. The number of hydrogen-bond acceptors (Lipinski definition) is 3. The molecule has 3 rings (SSSR count). The SMILES string of the molecule is NC(N)=NCCC[C@H](NCC1CCCCC1)C(=O)NCc1ccc(CCCCCCC2CCCCC2)cc1. The average Bonchev–Trinajstić information content (AvgIpc) is 2.94. The number of carbonyl (C=O) groups is 1. The van der Waals surface area contributed by atoms with Gasteiger partial charge in [-0.05, 0) is 68.0 Å². The van der Waals surface area contributed by atoms with Gasteiger partial charge in [0, 0.05) is 13.1 Å². The average molecular weight is 526 g/mol. The lowest BCUT2D eigenvalue weighted by Gasteiger charge is -2.25. The van der Waals surface area contributed by atoms with Crippen LogP contribution in [-0.2, 0) is 17.8 Å². The molecule has 0 unspecified atom stereocenters. The van der Waals surface area contributed by atoms with Gasteiger partial charge < -0.3 is 22.1 Å². The molecular weight excluding hydrogens is 470 g/mol. The van der Waals surface area contributed by atoms with Crippen molar-refractivity contribution >= 4 is 11.9 Å². The fraction of sp³-hybridized carbons (Fsp3) is 0.750. The van der Waals surface area contributed by atoms with Crippen LogP contribution in [0.3, 0.4) is 0 Å². The van der Waals surface area contributed by atoms with Crippen LogP contribution < -0.4 is 22.1 Å². The molecule has 0 radical (unpaired) electrons. The second kappa shape index (κ2) is 18.3. The Morgan fingerprint density at radius 1 is 0.816 bits per heavy atom. The molecule has 0 bridgehead atoms. The molecule has 2 aliphatic carbocycles. The summed E-state index contributed by atoms with van der Waals surface area (Å²) in [6.45, 7) is 2.03. The molecule has 2 saturated carbocycles. The zero-order valence-electron chi connectivity index (χ0n) is 23.9. The number of aryl methyl sites for hydroxylation is 1. The minimum Gasteiger partial charge on any atom is -0.370 e. The van der Waals surface area contributed by atoms with Crippen molar-refractivity contribution in [3.8, 4) is 0 Å². The molecule has 0 saturated heterocycles. The van der Waals surface area contributed by atoms with Gasteiger partial charge >= 0.3 is 0 Å². The van der Waals surface area contributed by atoms with Crippen LogP contribution in [0.5, 0.6) is 0 Å². The van der Waals surface area contributed by atoms with Gasteiger partial charge in [0.15, 0.2) is 5.96 Å². The van der Waals surface area contributed by atoms with E-state index in [0.717, 1.165) is 37.3 Å². The van der Waals surface area contributed by atoms with E-state index < -0.39 is 0 Å². The van der Waals surface area contributed by atoms with Crippen LogP contribution >= 0.6 is 0 Å². The van der Waals surface area contributed by atoms with Crippen LogP contribution in [0.1, 0.15) is 120 Å². The maximum Gasteiger partial charge on any atom is 0.237 e. The number of nitrogens with two attached hydrogens (primary N) is 2. The summed E-state index contributed by atoms with van der Waals surface area (Å²) in [5, 5.41) is 6.72. The van der Waals surface area contributed by atoms with Gasteiger partial charge in [0.05, 0.1) is 6.04 Å². The van der Waals surface area contributed by atoms with Crippen LogP contribution in [0.2, 0.25) is 0 Å². The standard InChI is InChI=1S/C32H55N5O/c33-32(34)35-23-11-18-30(36-24-28-16-9-4-10-17-28)31(38)37-25-29-21-19-27(20-22-29)15-6-2-1-5-12-26-13-7-3-8-14-26/h19-22,26,28,30,36H,1-18,23-25H2,(H,37,38)(H4,33,34,35)/t30-/m0/s1. The van der Waals surface area contributed by atoms with Crippen molar-refractivity contribution in [3.05, 3.63) is 35.4 Å². The predicted octanol–water partition coefficient (Wildman–Crippen LogP) is 5.97. The lowest BCUT2D eigenvalue weighted by molar-refractivity contribution is -0.123. The maximum absolute atomic E-state index is 13.1. The number of benzene rings is 1. The van der Waals surface area contributed by atoms with Gasteiger partial charge in [-0.2, -0.15) is 0 Å². The normalized spacial score (nSPS) is 17.7.